The maximum Gasteiger partial charge on any atom is 0.392 e. The molecule has 15 heteroatoms. The van der Waals surface area contributed by atoms with E-state index in [-0.39, 0.29) is 36.7 Å². The summed E-state index contributed by atoms with van der Waals surface area (Å²) < 4.78 is 107. The molecule has 2 N–H and O–H groups in total. The molecule has 0 bridgehead atoms. The van der Waals surface area contributed by atoms with Crippen molar-refractivity contribution in [3.63, 3.8) is 0 Å². The number of nitrogens with one attached hydrogen (secondary N) is 2. The second kappa shape index (κ2) is 10.9. The van der Waals surface area contributed by atoms with Gasteiger partial charge in [0, 0.05) is 31.7 Å². The number of carbonyl (C=O) groups excluding carboxylic acids is 2. The first kappa shape index (κ1) is 30.5. The predicted molar refractivity (Wildman–Crippen MR) is 132 cm³/mol. The van der Waals surface area contributed by atoms with Crippen molar-refractivity contribution < 1.29 is 44.7 Å². The zero-order valence-electron chi connectivity index (χ0n) is 22.6. The lowest BCUT2D eigenvalue weighted by Gasteiger charge is -2.33. The minimum absolute atomic E-state index is 0.0180. The van der Waals surface area contributed by atoms with E-state index < -0.39 is 85.1 Å². The van der Waals surface area contributed by atoms with Crippen LogP contribution in [0.4, 0.5) is 35.1 Å². The molecule has 42 heavy (non-hydrogen) atoms. The van der Waals surface area contributed by atoms with Crippen LogP contribution in [0.5, 0.6) is 0 Å². The number of nitrogens with zero attached hydrogens (tertiary/aromatic N) is 3. The molecule has 0 aromatic carbocycles. The van der Waals surface area contributed by atoms with E-state index in [0.29, 0.717) is 5.69 Å². The third-order valence-electron chi connectivity index (χ3n) is 8.54. The second-order valence-electron chi connectivity index (χ2n) is 11.9. The SMILES string of the molecule is CC(CC(=O)NC(c1ccn2cc([C@@H](NC(=O)[C@H]3C[C@@H]3C(F)(F)F)C3CCC(F)(F)CC3)nc2n1)C1CC1)C(F)(F)F. The number of carbonyl (C=O) groups is 2. The molecule has 0 saturated heterocycles. The lowest BCUT2D eigenvalue weighted by Crippen LogP contribution is -2.38. The summed E-state index contributed by atoms with van der Waals surface area (Å²) in [6.07, 6.45) is -6.30. The highest BCUT2D eigenvalue weighted by atomic mass is 19.4. The Morgan fingerprint density at radius 1 is 0.976 bits per heavy atom. The summed E-state index contributed by atoms with van der Waals surface area (Å²) in [7, 11) is 0. The first-order chi connectivity index (χ1) is 19.5. The molecule has 2 aromatic rings. The molecular formula is C27H31F8N5O2. The summed E-state index contributed by atoms with van der Waals surface area (Å²) in [6, 6.07) is 0.0197. The average Bonchev–Trinajstić information content (AvgIpc) is 3.80. The highest BCUT2D eigenvalue weighted by Crippen LogP contribution is 2.51. The van der Waals surface area contributed by atoms with Gasteiger partial charge < -0.3 is 10.6 Å². The molecule has 2 unspecified atom stereocenters. The van der Waals surface area contributed by atoms with Crippen molar-refractivity contribution in [1.29, 1.82) is 0 Å². The van der Waals surface area contributed by atoms with Gasteiger partial charge in [-0.3, -0.25) is 14.0 Å². The Bertz CT molecular complexity index is 1310. The molecule has 3 fully saturated rings. The van der Waals surface area contributed by atoms with Crippen LogP contribution in [0.3, 0.4) is 0 Å². The Labute approximate surface area is 235 Å². The summed E-state index contributed by atoms with van der Waals surface area (Å²) in [4.78, 5) is 34.2. The van der Waals surface area contributed by atoms with Crippen molar-refractivity contribution in [2.75, 3.05) is 0 Å². The van der Waals surface area contributed by atoms with E-state index in [1.165, 1.54) is 10.6 Å². The topological polar surface area (TPSA) is 88.4 Å². The Kier molecular flexibility index (Phi) is 7.92. The number of halogens is 8. The number of rotatable bonds is 9. The van der Waals surface area contributed by atoms with Crippen molar-refractivity contribution in [3.05, 3.63) is 29.8 Å². The van der Waals surface area contributed by atoms with Crippen LogP contribution in [-0.2, 0) is 9.59 Å². The monoisotopic (exact) mass is 609 g/mol. The molecule has 7 nitrogen and oxygen atoms in total. The lowest BCUT2D eigenvalue weighted by molar-refractivity contribution is -0.174. The smallest absolute Gasteiger partial charge is 0.347 e. The molecule has 2 amide bonds. The predicted octanol–water partition coefficient (Wildman–Crippen LogP) is 6.07. The fraction of sp³-hybridized carbons (Fsp3) is 0.704. The van der Waals surface area contributed by atoms with Crippen molar-refractivity contribution in [1.82, 2.24) is 25.0 Å². The summed E-state index contributed by atoms with van der Waals surface area (Å²) in [6.45, 7) is 0.928. The molecule has 0 radical (unpaired) electrons. The molecule has 3 saturated carbocycles. The molecule has 0 aliphatic heterocycles. The summed E-state index contributed by atoms with van der Waals surface area (Å²) in [5, 5.41) is 5.30. The number of hydrogen-bond acceptors (Lipinski definition) is 4. The second-order valence-corrected chi connectivity index (χ2v) is 11.9. The van der Waals surface area contributed by atoms with Crippen LogP contribution in [0.2, 0.25) is 0 Å². The van der Waals surface area contributed by atoms with Crippen LogP contribution < -0.4 is 10.6 Å². The number of alkyl halides is 8. The summed E-state index contributed by atoms with van der Waals surface area (Å²) in [5.74, 6) is -9.63. The number of amides is 2. The Hall–Kier alpha value is -3.00. The van der Waals surface area contributed by atoms with Gasteiger partial charge in [-0.25, -0.2) is 18.7 Å². The van der Waals surface area contributed by atoms with Crippen LogP contribution in [0.25, 0.3) is 5.78 Å². The fourth-order valence-electron chi connectivity index (χ4n) is 5.65. The maximum atomic E-state index is 13.9. The molecule has 5 atom stereocenters. The third-order valence-corrected chi connectivity index (χ3v) is 8.54. The minimum Gasteiger partial charge on any atom is -0.347 e. The van der Waals surface area contributed by atoms with E-state index in [1.54, 1.807) is 12.3 Å². The zero-order valence-corrected chi connectivity index (χ0v) is 22.6. The molecule has 232 valence electrons. The molecule has 2 heterocycles. The first-order valence-corrected chi connectivity index (χ1v) is 14.0. The molecule has 5 rings (SSSR count). The van der Waals surface area contributed by atoms with Gasteiger partial charge in [-0.1, -0.05) is 6.92 Å². The first-order valence-electron chi connectivity index (χ1n) is 14.0. The van der Waals surface area contributed by atoms with Gasteiger partial charge in [-0.15, -0.1) is 0 Å². The minimum atomic E-state index is -4.51. The fourth-order valence-corrected chi connectivity index (χ4v) is 5.65. The largest absolute Gasteiger partial charge is 0.392 e. The zero-order chi connectivity index (χ0) is 30.6. The Morgan fingerprint density at radius 3 is 2.14 bits per heavy atom. The number of aromatic nitrogens is 3. The van der Waals surface area contributed by atoms with E-state index in [4.69, 9.17) is 0 Å². The van der Waals surface area contributed by atoms with Crippen LogP contribution in [-0.4, -0.2) is 44.5 Å². The average molecular weight is 610 g/mol. The summed E-state index contributed by atoms with van der Waals surface area (Å²) >= 11 is 0. The Balaban J connectivity index is 1.36. The van der Waals surface area contributed by atoms with Gasteiger partial charge >= 0.3 is 12.4 Å². The quantitative estimate of drug-likeness (QED) is 0.338. The van der Waals surface area contributed by atoms with Crippen molar-refractivity contribution >= 4 is 17.6 Å². The van der Waals surface area contributed by atoms with Gasteiger partial charge in [-0.05, 0) is 50.0 Å². The molecule has 2 aromatic heterocycles. The van der Waals surface area contributed by atoms with E-state index in [2.05, 4.69) is 20.6 Å². The van der Waals surface area contributed by atoms with Crippen molar-refractivity contribution in [3.8, 4) is 0 Å². The Morgan fingerprint density at radius 2 is 1.57 bits per heavy atom. The molecular weight excluding hydrogens is 578 g/mol. The van der Waals surface area contributed by atoms with Crippen molar-refractivity contribution in [2.45, 2.75) is 88.6 Å². The van der Waals surface area contributed by atoms with E-state index in [9.17, 15) is 44.7 Å². The molecule has 3 aliphatic rings. The molecule has 0 spiro atoms. The van der Waals surface area contributed by atoms with Crippen LogP contribution in [0.15, 0.2) is 18.5 Å². The van der Waals surface area contributed by atoms with Gasteiger partial charge in [-0.2, -0.15) is 26.3 Å². The van der Waals surface area contributed by atoms with Crippen LogP contribution in [0, 0.1) is 29.6 Å². The van der Waals surface area contributed by atoms with Crippen LogP contribution >= 0.6 is 0 Å². The van der Waals surface area contributed by atoms with E-state index in [0.717, 1.165) is 19.8 Å². The normalized spacial score (nSPS) is 25.1. The van der Waals surface area contributed by atoms with Crippen molar-refractivity contribution in [2.24, 2.45) is 29.6 Å². The maximum absolute atomic E-state index is 13.9. The van der Waals surface area contributed by atoms with Gasteiger partial charge in [0.25, 0.3) is 0 Å². The molecule has 3 aliphatic carbocycles. The number of imidazole rings is 1. The lowest BCUT2D eigenvalue weighted by atomic mass is 9.81. The number of fused-ring (bicyclic) bond motifs is 1. The third kappa shape index (κ3) is 6.96. The summed E-state index contributed by atoms with van der Waals surface area (Å²) in [5.41, 5.74) is 0.623. The van der Waals surface area contributed by atoms with Gasteiger partial charge in [0.1, 0.15) is 0 Å². The highest BCUT2D eigenvalue weighted by Gasteiger charge is 2.59. The van der Waals surface area contributed by atoms with E-state index >= 15 is 0 Å². The van der Waals surface area contributed by atoms with Crippen LogP contribution in [0.1, 0.15) is 81.8 Å². The highest BCUT2D eigenvalue weighted by molar-refractivity contribution is 5.82. The standard InChI is InChI=1S/C27H31F8N5O2/c1-13(26(30,31)32)10-20(41)38-21(14-2-3-14)18-6-9-40-12-19(37-24(40)36-18)22(15-4-7-25(28,29)8-5-15)39-23(42)16-11-17(16)27(33,34)35/h6,9,12-17,21-22H,2-5,7-8,10-11H2,1H3,(H,38,41)(H,39,42)/t13?,16-,17-,21?,22-/m0/s1. The van der Waals surface area contributed by atoms with E-state index in [1.807, 2.05) is 0 Å². The van der Waals surface area contributed by atoms with Gasteiger partial charge in [0.05, 0.1) is 41.2 Å². The number of hydrogen-bond donors (Lipinski definition) is 2. The van der Waals surface area contributed by atoms with Gasteiger partial charge in [0.15, 0.2) is 0 Å². The van der Waals surface area contributed by atoms with Gasteiger partial charge in [0.2, 0.25) is 23.5 Å².